The number of Topliss-reactive ketones (excluding diaryl/α,β-unsaturated/α-hetero) is 1. The monoisotopic (exact) mass is 521 g/mol. The van der Waals surface area contributed by atoms with Crippen molar-refractivity contribution in [2.75, 3.05) is 20.3 Å². The summed E-state index contributed by atoms with van der Waals surface area (Å²) in [5.74, 6) is -1.42. The van der Waals surface area contributed by atoms with E-state index in [0.29, 0.717) is 27.7 Å². The molecule has 0 radical (unpaired) electrons. The van der Waals surface area contributed by atoms with Crippen molar-refractivity contribution < 1.29 is 28.9 Å². The number of phenols is 1. The summed E-state index contributed by atoms with van der Waals surface area (Å²) in [6.07, 6.45) is 2.46. The van der Waals surface area contributed by atoms with Crippen LogP contribution < -0.4 is 10.1 Å². The third kappa shape index (κ3) is 5.44. The van der Waals surface area contributed by atoms with Gasteiger partial charge < -0.3 is 24.6 Å². The molecule has 1 aromatic carbocycles. The molecule has 1 aliphatic heterocycles. The molecule has 0 spiro atoms. The van der Waals surface area contributed by atoms with Gasteiger partial charge in [0.05, 0.1) is 35.8 Å². The molecule has 0 bridgehead atoms. The van der Waals surface area contributed by atoms with Gasteiger partial charge in [0.2, 0.25) is 0 Å². The average Bonchev–Trinajstić information content (AvgIpc) is 2.70. The topological polar surface area (TPSA) is 94.1 Å². The second-order valence-corrected chi connectivity index (χ2v) is 10.3. The molecule has 1 heterocycles. The zero-order chi connectivity index (χ0) is 24.5. The largest absolute Gasteiger partial charge is 0.503 e. The Kier molecular flexibility index (Phi) is 7.59. The predicted octanol–water partition coefficient (Wildman–Crippen LogP) is 4.59. The standard InChI is InChI=1S/C25H32BrNO6/c1-13(2)32-7-8-33-24(30)20-14(3)27-17-11-25(4,5)12-18(28)22(17)21(20)15-9-16(26)23(29)19(10-15)31-6/h9-11,13,21-22,27,29H,7-8,12H2,1-6H3. The molecule has 7 nitrogen and oxygen atoms in total. The highest BCUT2D eigenvalue weighted by molar-refractivity contribution is 9.10. The number of halogens is 1. The number of carbonyl (C=O) groups is 2. The van der Waals surface area contributed by atoms with E-state index in [1.165, 1.54) is 7.11 Å². The first-order valence-corrected chi connectivity index (χ1v) is 11.8. The van der Waals surface area contributed by atoms with Crippen LogP contribution in [0.2, 0.25) is 0 Å². The summed E-state index contributed by atoms with van der Waals surface area (Å²) < 4.78 is 16.8. The summed E-state index contributed by atoms with van der Waals surface area (Å²) in [6, 6.07) is 3.39. The third-order valence-electron chi connectivity index (χ3n) is 5.86. The van der Waals surface area contributed by atoms with E-state index in [1.54, 1.807) is 12.1 Å². The molecule has 180 valence electrons. The number of esters is 1. The van der Waals surface area contributed by atoms with E-state index in [2.05, 4.69) is 27.3 Å². The molecule has 0 fully saturated rings. The molecule has 2 atom stereocenters. The van der Waals surface area contributed by atoms with Crippen molar-refractivity contribution >= 4 is 27.7 Å². The number of fused-ring (bicyclic) bond motifs is 1. The van der Waals surface area contributed by atoms with Crippen molar-refractivity contribution in [3.8, 4) is 11.5 Å². The number of carbonyl (C=O) groups excluding carboxylic acids is 2. The van der Waals surface area contributed by atoms with E-state index in [0.717, 1.165) is 5.70 Å². The fraction of sp³-hybridized carbons (Fsp3) is 0.520. The van der Waals surface area contributed by atoms with Crippen molar-refractivity contribution in [3.05, 3.63) is 45.2 Å². The predicted molar refractivity (Wildman–Crippen MR) is 128 cm³/mol. The Morgan fingerprint density at radius 2 is 1.97 bits per heavy atom. The van der Waals surface area contributed by atoms with Crippen LogP contribution in [0.3, 0.4) is 0 Å². The van der Waals surface area contributed by atoms with Crippen molar-refractivity contribution in [1.82, 2.24) is 5.32 Å². The van der Waals surface area contributed by atoms with Crippen LogP contribution in [0.1, 0.15) is 52.5 Å². The first kappa shape index (κ1) is 25.3. The van der Waals surface area contributed by atoms with Gasteiger partial charge in [0.1, 0.15) is 12.4 Å². The van der Waals surface area contributed by atoms with Gasteiger partial charge in [0.15, 0.2) is 11.5 Å². The molecular formula is C25H32BrNO6. The highest BCUT2D eigenvalue weighted by atomic mass is 79.9. The number of phenolic OH excluding ortho intramolecular Hbond substituents is 1. The first-order valence-electron chi connectivity index (χ1n) is 11.0. The zero-order valence-corrected chi connectivity index (χ0v) is 21.5. The Bertz CT molecular complexity index is 1010. The number of allylic oxidation sites excluding steroid dienone is 3. The first-order chi connectivity index (χ1) is 15.4. The Morgan fingerprint density at radius 3 is 2.61 bits per heavy atom. The number of rotatable bonds is 7. The number of hydrogen-bond acceptors (Lipinski definition) is 7. The van der Waals surface area contributed by atoms with Gasteiger partial charge in [-0.2, -0.15) is 0 Å². The molecule has 0 saturated heterocycles. The van der Waals surface area contributed by atoms with Gasteiger partial charge in [0.25, 0.3) is 0 Å². The molecule has 1 aromatic rings. The molecule has 0 aromatic heterocycles. The van der Waals surface area contributed by atoms with Crippen LogP contribution in [-0.4, -0.2) is 43.3 Å². The summed E-state index contributed by atoms with van der Waals surface area (Å²) in [5.41, 5.74) is 2.17. The van der Waals surface area contributed by atoms with Crippen molar-refractivity contribution in [2.45, 2.75) is 53.1 Å². The maximum absolute atomic E-state index is 13.4. The van der Waals surface area contributed by atoms with Crippen LogP contribution in [0.15, 0.2) is 39.6 Å². The lowest BCUT2D eigenvalue weighted by Crippen LogP contribution is -2.43. The minimum atomic E-state index is -0.592. The maximum Gasteiger partial charge on any atom is 0.336 e. The average molecular weight is 522 g/mol. The molecule has 2 unspecified atom stereocenters. The summed E-state index contributed by atoms with van der Waals surface area (Å²) in [5, 5.41) is 13.6. The third-order valence-corrected chi connectivity index (χ3v) is 6.46. The minimum absolute atomic E-state index is 0.0338. The Hall–Kier alpha value is -2.32. The van der Waals surface area contributed by atoms with Crippen molar-refractivity contribution in [2.24, 2.45) is 11.3 Å². The van der Waals surface area contributed by atoms with Gasteiger partial charge in [-0.25, -0.2) is 4.79 Å². The molecule has 2 N–H and O–H groups in total. The summed E-state index contributed by atoms with van der Waals surface area (Å²) >= 11 is 3.37. The lowest BCUT2D eigenvalue weighted by molar-refractivity contribution is -0.141. The molecule has 8 heteroatoms. The van der Waals surface area contributed by atoms with E-state index >= 15 is 0 Å². The summed E-state index contributed by atoms with van der Waals surface area (Å²) in [7, 11) is 1.46. The van der Waals surface area contributed by atoms with Gasteiger partial charge in [-0.05, 0) is 59.8 Å². The summed E-state index contributed by atoms with van der Waals surface area (Å²) in [4.78, 5) is 26.6. The summed E-state index contributed by atoms with van der Waals surface area (Å²) in [6.45, 7) is 10.1. The van der Waals surface area contributed by atoms with Crippen LogP contribution in [0.4, 0.5) is 0 Å². The van der Waals surface area contributed by atoms with Gasteiger partial charge in [-0.1, -0.05) is 19.9 Å². The second-order valence-electron chi connectivity index (χ2n) is 9.46. The Balaban J connectivity index is 2.09. The highest BCUT2D eigenvalue weighted by Gasteiger charge is 2.46. The fourth-order valence-corrected chi connectivity index (χ4v) is 4.98. The number of hydrogen-bond donors (Lipinski definition) is 2. The fourth-order valence-electron chi connectivity index (χ4n) is 4.52. The smallest absolute Gasteiger partial charge is 0.336 e. The Labute approximate surface area is 203 Å². The number of methoxy groups -OCH3 is 1. The minimum Gasteiger partial charge on any atom is -0.503 e. The van der Waals surface area contributed by atoms with Crippen LogP contribution in [0.5, 0.6) is 11.5 Å². The molecule has 3 rings (SSSR count). The van der Waals surface area contributed by atoms with Gasteiger partial charge in [0, 0.05) is 23.7 Å². The van der Waals surface area contributed by atoms with Crippen LogP contribution in [0.25, 0.3) is 0 Å². The molecule has 0 amide bonds. The molecule has 1 aliphatic carbocycles. The SMILES string of the molecule is COc1cc(C2C(C(=O)OCCOC(C)C)=C(C)NC3=CC(C)(C)CC(=O)C32)cc(Br)c1O. The van der Waals surface area contributed by atoms with E-state index in [-0.39, 0.29) is 42.0 Å². The number of ether oxygens (including phenoxy) is 3. The normalized spacial score (nSPS) is 21.9. The van der Waals surface area contributed by atoms with Crippen LogP contribution in [-0.2, 0) is 19.1 Å². The van der Waals surface area contributed by atoms with Gasteiger partial charge in [-0.3, -0.25) is 4.79 Å². The zero-order valence-electron chi connectivity index (χ0n) is 20.0. The second kappa shape index (κ2) is 9.89. The number of nitrogens with one attached hydrogen (secondary N) is 1. The lowest BCUT2D eigenvalue weighted by atomic mass is 9.66. The number of ketones is 1. The van der Waals surface area contributed by atoms with Gasteiger partial charge >= 0.3 is 5.97 Å². The number of aromatic hydroxyl groups is 1. The molecule has 2 aliphatic rings. The van der Waals surface area contributed by atoms with Gasteiger partial charge in [-0.15, -0.1) is 0 Å². The quantitative estimate of drug-likeness (QED) is 0.400. The van der Waals surface area contributed by atoms with E-state index in [1.807, 2.05) is 34.6 Å². The molecule has 0 saturated carbocycles. The van der Waals surface area contributed by atoms with E-state index in [4.69, 9.17) is 14.2 Å². The van der Waals surface area contributed by atoms with Crippen molar-refractivity contribution in [1.29, 1.82) is 0 Å². The number of benzene rings is 1. The molecule has 33 heavy (non-hydrogen) atoms. The van der Waals surface area contributed by atoms with Crippen LogP contribution >= 0.6 is 15.9 Å². The van der Waals surface area contributed by atoms with Crippen molar-refractivity contribution in [3.63, 3.8) is 0 Å². The maximum atomic E-state index is 13.4. The highest BCUT2D eigenvalue weighted by Crippen LogP contribution is 2.49. The lowest BCUT2D eigenvalue weighted by Gasteiger charge is -2.41. The van der Waals surface area contributed by atoms with Crippen LogP contribution in [0, 0.1) is 11.3 Å². The van der Waals surface area contributed by atoms with E-state index < -0.39 is 17.8 Å². The van der Waals surface area contributed by atoms with E-state index in [9.17, 15) is 14.7 Å². The molecular weight excluding hydrogens is 490 g/mol. The Morgan fingerprint density at radius 1 is 1.27 bits per heavy atom.